The molecule has 0 saturated heterocycles. The summed E-state index contributed by atoms with van der Waals surface area (Å²) in [6.45, 7) is 1.12. The van der Waals surface area contributed by atoms with Crippen molar-refractivity contribution in [1.82, 2.24) is 5.32 Å². The molecule has 8 nitrogen and oxygen atoms in total. The highest BCUT2D eigenvalue weighted by molar-refractivity contribution is 5.99. The molecule has 0 aromatic heterocycles. The molecule has 33 heavy (non-hydrogen) atoms. The van der Waals surface area contributed by atoms with E-state index in [1.54, 1.807) is 0 Å². The molecule has 0 aliphatic heterocycles. The first kappa shape index (κ1) is 27.7. The van der Waals surface area contributed by atoms with Crippen LogP contribution in [0.5, 0.6) is 0 Å². The predicted octanol–water partition coefficient (Wildman–Crippen LogP) is 2.59. The fraction of sp³-hybridized carbons (Fsp3) is 0.474. The zero-order chi connectivity index (χ0) is 25.7. The number of alkyl halides is 6. The van der Waals surface area contributed by atoms with Crippen molar-refractivity contribution < 1.29 is 59.7 Å². The Labute approximate surface area is 183 Å². The Morgan fingerprint density at radius 3 is 1.48 bits per heavy atom. The summed E-state index contributed by atoms with van der Waals surface area (Å²) < 4.78 is 91.8. The Kier molecular flexibility index (Phi) is 8.84. The van der Waals surface area contributed by atoms with Crippen molar-refractivity contribution in [2.24, 2.45) is 11.8 Å². The molecule has 0 unspecified atom stereocenters. The lowest BCUT2D eigenvalue weighted by atomic mass is 9.87. The van der Waals surface area contributed by atoms with Gasteiger partial charge in [-0.2, -0.15) is 26.3 Å². The smallest absolute Gasteiger partial charge is 0.416 e. The highest BCUT2D eigenvalue weighted by Crippen LogP contribution is 2.36. The predicted molar refractivity (Wildman–Crippen MR) is 96.4 cm³/mol. The van der Waals surface area contributed by atoms with Crippen molar-refractivity contribution in [3.63, 3.8) is 0 Å². The van der Waals surface area contributed by atoms with Gasteiger partial charge in [-0.1, -0.05) is 6.92 Å². The van der Waals surface area contributed by atoms with E-state index in [4.69, 9.17) is 0 Å². The normalized spacial score (nSPS) is 13.7. The van der Waals surface area contributed by atoms with Gasteiger partial charge in [-0.3, -0.25) is 14.4 Å². The Morgan fingerprint density at radius 2 is 1.15 bits per heavy atom. The molecule has 1 aromatic carbocycles. The number of halogens is 6. The summed E-state index contributed by atoms with van der Waals surface area (Å²) in [7, 11) is 2.70. The lowest BCUT2D eigenvalue weighted by Gasteiger charge is -2.27. The van der Waals surface area contributed by atoms with Crippen molar-refractivity contribution in [3.8, 4) is 0 Å². The second-order valence-corrected chi connectivity index (χ2v) is 6.65. The first-order chi connectivity index (χ1) is 15.1. The van der Waals surface area contributed by atoms with Crippen molar-refractivity contribution in [1.29, 1.82) is 0 Å². The summed E-state index contributed by atoms with van der Waals surface area (Å²) in [4.78, 5) is 48.7. The number of carbonyl (C=O) groups excluding carboxylic acids is 4. The Balaban J connectivity index is 3.47. The average molecular weight is 487 g/mol. The van der Waals surface area contributed by atoms with E-state index in [0.29, 0.717) is 0 Å². The molecule has 0 saturated carbocycles. The third kappa shape index (κ3) is 6.83. The molecule has 14 heteroatoms. The number of esters is 3. The standard InChI is InChI=1S/C19H19F6NO7/c1-8(12(15(28)31-2)16(29)32-3)13(17(30)33-4)26-14(27)9-5-10(18(20,21)22)7-11(6-9)19(23,24)25/h5-8,12-13H,1-4H3,(H,26,27)/t8-,13-/m0/s1. The number of carbonyl (C=O) groups is 4. The molecule has 0 radical (unpaired) electrons. The molecule has 0 bridgehead atoms. The van der Waals surface area contributed by atoms with Crippen LogP contribution in [0.4, 0.5) is 26.3 Å². The molecule has 1 amide bonds. The molecule has 1 aromatic rings. The number of hydrogen-bond donors (Lipinski definition) is 1. The second-order valence-electron chi connectivity index (χ2n) is 6.65. The van der Waals surface area contributed by atoms with Gasteiger partial charge in [-0.25, -0.2) is 4.79 Å². The van der Waals surface area contributed by atoms with E-state index in [9.17, 15) is 45.5 Å². The van der Waals surface area contributed by atoms with Crippen molar-refractivity contribution in [3.05, 3.63) is 34.9 Å². The highest BCUT2D eigenvalue weighted by atomic mass is 19.4. The molecule has 0 spiro atoms. The maximum atomic E-state index is 13.1. The van der Waals surface area contributed by atoms with Gasteiger partial charge in [0.1, 0.15) is 6.04 Å². The van der Waals surface area contributed by atoms with Gasteiger partial charge in [0.2, 0.25) is 0 Å². The zero-order valence-electron chi connectivity index (χ0n) is 17.6. The highest BCUT2D eigenvalue weighted by Gasteiger charge is 2.43. The maximum Gasteiger partial charge on any atom is 0.416 e. The molecule has 0 heterocycles. The summed E-state index contributed by atoms with van der Waals surface area (Å²) >= 11 is 0. The van der Waals surface area contributed by atoms with Crippen LogP contribution in [-0.2, 0) is 40.9 Å². The molecule has 1 N–H and O–H groups in total. The van der Waals surface area contributed by atoms with Gasteiger partial charge in [0.05, 0.1) is 32.5 Å². The molecular formula is C19H19F6NO7. The second kappa shape index (κ2) is 10.5. The van der Waals surface area contributed by atoms with Gasteiger partial charge in [-0.05, 0) is 18.2 Å². The molecule has 2 atom stereocenters. The van der Waals surface area contributed by atoms with Crippen LogP contribution in [0.25, 0.3) is 0 Å². The number of hydrogen-bond acceptors (Lipinski definition) is 7. The van der Waals surface area contributed by atoms with E-state index in [1.807, 2.05) is 5.32 Å². The number of methoxy groups -OCH3 is 3. The third-order valence-corrected chi connectivity index (χ3v) is 4.55. The van der Waals surface area contributed by atoms with E-state index in [0.717, 1.165) is 28.3 Å². The van der Waals surface area contributed by atoms with Gasteiger partial charge in [-0.15, -0.1) is 0 Å². The number of ether oxygens (including phenoxy) is 3. The van der Waals surface area contributed by atoms with Crippen LogP contribution in [0.2, 0.25) is 0 Å². The average Bonchev–Trinajstić information content (AvgIpc) is 2.74. The first-order valence-corrected chi connectivity index (χ1v) is 8.92. The summed E-state index contributed by atoms with van der Waals surface area (Å²) in [5, 5.41) is 1.92. The lowest BCUT2D eigenvalue weighted by molar-refractivity contribution is -0.163. The molecule has 0 fully saturated rings. The van der Waals surface area contributed by atoms with Gasteiger partial charge in [0.25, 0.3) is 5.91 Å². The van der Waals surface area contributed by atoms with Crippen molar-refractivity contribution >= 4 is 23.8 Å². The van der Waals surface area contributed by atoms with Crippen LogP contribution >= 0.6 is 0 Å². The van der Waals surface area contributed by atoms with E-state index >= 15 is 0 Å². The SMILES string of the molecule is COC(=O)C(C(=O)OC)[C@H](C)[C@H](NC(=O)c1cc(C(F)(F)F)cc(C(F)(F)F)c1)C(=O)OC. The Hall–Kier alpha value is -3.32. The third-order valence-electron chi connectivity index (χ3n) is 4.55. The number of nitrogens with one attached hydrogen (secondary N) is 1. The van der Waals surface area contributed by atoms with Gasteiger partial charge >= 0.3 is 30.3 Å². The van der Waals surface area contributed by atoms with E-state index < -0.39 is 70.7 Å². The van der Waals surface area contributed by atoms with Crippen LogP contribution < -0.4 is 5.32 Å². The fourth-order valence-corrected chi connectivity index (χ4v) is 2.81. The van der Waals surface area contributed by atoms with Gasteiger partial charge in [0, 0.05) is 11.5 Å². The summed E-state index contributed by atoms with van der Waals surface area (Å²) in [5.41, 5.74) is -4.59. The lowest BCUT2D eigenvalue weighted by Crippen LogP contribution is -2.51. The van der Waals surface area contributed by atoms with Crippen molar-refractivity contribution in [2.75, 3.05) is 21.3 Å². The van der Waals surface area contributed by atoms with E-state index in [-0.39, 0.29) is 18.2 Å². The summed E-state index contributed by atoms with van der Waals surface area (Å²) in [5.74, 6) is -8.32. The Morgan fingerprint density at radius 1 is 0.758 bits per heavy atom. The van der Waals surface area contributed by atoms with Crippen LogP contribution in [0.1, 0.15) is 28.4 Å². The van der Waals surface area contributed by atoms with Crippen LogP contribution in [0.15, 0.2) is 18.2 Å². The molecule has 1 rings (SSSR count). The van der Waals surface area contributed by atoms with Gasteiger partial charge in [0.15, 0.2) is 5.92 Å². The first-order valence-electron chi connectivity index (χ1n) is 8.92. The zero-order valence-corrected chi connectivity index (χ0v) is 17.6. The summed E-state index contributed by atoms with van der Waals surface area (Å²) in [6.07, 6.45) is -10.4. The quantitative estimate of drug-likeness (QED) is 0.273. The number of rotatable bonds is 7. The minimum absolute atomic E-state index is 0.154. The monoisotopic (exact) mass is 487 g/mol. The van der Waals surface area contributed by atoms with Crippen molar-refractivity contribution in [2.45, 2.75) is 25.3 Å². The van der Waals surface area contributed by atoms with Crippen LogP contribution in [-0.4, -0.2) is 51.2 Å². The topological polar surface area (TPSA) is 108 Å². The Bertz CT molecular complexity index is 865. The minimum Gasteiger partial charge on any atom is -0.468 e. The maximum absolute atomic E-state index is 13.1. The molecule has 0 aliphatic carbocycles. The molecular weight excluding hydrogens is 468 g/mol. The van der Waals surface area contributed by atoms with Crippen LogP contribution in [0, 0.1) is 11.8 Å². The molecule has 184 valence electrons. The van der Waals surface area contributed by atoms with Gasteiger partial charge < -0.3 is 19.5 Å². The van der Waals surface area contributed by atoms with Crippen LogP contribution in [0.3, 0.4) is 0 Å². The summed E-state index contributed by atoms with van der Waals surface area (Å²) in [6, 6.07) is -1.72. The van der Waals surface area contributed by atoms with E-state index in [1.165, 1.54) is 0 Å². The van der Waals surface area contributed by atoms with E-state index in [2.05, 4.69) is 14.2 Å². The number of amides is 1. The minimum atomic E-state index is -5.22. The molecule has 0 aliphatic rings. The largest absolute Gasteiger partial charge is 0.468 e. The fourth-order valence-electron chi connectivity index (χ4n) is 2.81. The number of benzene rings is 1.